The van der Waals surface area contributed by atoms with Gasteiger partial charge in [0.05, 0.1) is 18.4 Å². The molecule has 0 spiro atoms. The highest BCUT2D eigenvalue weighted by Gasteiger charge is 2.30. The maximum atomic E-state index is 12.6. The topological polar surface area (TPSA) is 38.3 Å². The third kappa shape index (κ3) is 5.21. The van der Waals surface area contributed by atoms with Crippen LogP contribution in [0.3, 0.4) is 0 Å². The lowest BCUT2D eigenvalue weighted by Gasteiger charge is -2.09. The van der Waals surface area contributed by atoms with E-state index in [1.807, 2.05) is 0 Å². The van der Waals surface area contributed by atoms with Gasteiger partial charge in [-0.1, -0.05) is 12.1 Å². The Balaban J connectivity index is 1.94. The van der Waals surface area contributed by atoms with Crippen molar-refractivity contribution < 1.29 is 22.7 Å². The zero-order chi connectivity index (χ0) is 16.9. The first-order chi connectivity index (χ1) is 10.9. The van der Waals surface area contributed by atoms with E-state index in [2.05, 4.69) is 5.32 Å². The van der Waals surface area contributed by atoms with Crippen molar-refractivity contribution in [2.45, 2.75) is 11.1 Å². The summed E-state index contributed by atoms with van der Waals surface area (Å²) in [7, 11) is 1.52. The van der Waals surface area contributed by atoms with Crippen LogP contribution in [0.1, 0.15) is 5.56 Å². The molecule has 2 rings (SSSR count). The van der Waals surface area contributed by atoms with E-state index in [-0.39, 0.29) is 11.7 Å². The summed E-state index contributed by atoms with van der Waals surface area (Å²) in [5.74, 6) is 0.312. The van der Waals surface area contributed by atoms with Crippen molar-refractivity contribution in [1.82, 2.24) is 0 Å². The van der Waals surface area contributed by atoms with Gasteiger partial charge in [-0.25, -0.2) is 0 Å². The minimum absolute atomic E-state index is 0.0124. The largest absolute Gasteiger partial charge is 0.497 e. The van der Waals surface area contributed by atoms with Crippen molar-refractivity contribution in [1.29, 1.82) is 0 Å². The summed E-state index contributed by atoms with van der Waals surface area (Å²) in [6.45, 7) is 0. The van der Waals surface area contributed by atoms with Gasteiger partial charge in [-0.05, 0) is 30.3 Å². The zero-order valence-electron chi connectivity index (χ0n) is 12.2. The number of alkyl halides is 3. The second-order valence-corrected chi connectivity index (χ2v) is 5.64. The number of hydrogen-bond acceptors (Lipinski definition) is 3. The summed E-state index contributed by atoms with van der Waals surface area (Å²) in [6, 6.07) is 11.7. The van der Waals surface area contributed by atoms with E-state index in [0.29, 0.717) is 16.3 Å². The molecule has 0 aromatic heterocycles. The van der Waals surface area contributed by atoms with Crippen LogP contribution in [-0.2, 0) is 11.0 Å². The van der Waals surface area contributed by atoms with Crippen LogP contribution in [0.5, 0.6) is 5.75 Å². The lowest BCUT2D eigenvalue weighted by molar-refractivity contribution is -0.137. The van der Waals surface area contributed by atoms with Crippen LogP contribution < -0.4 is 10.1 Å². The molecule has 23 heavy (non-hydrogen) atoms. The Morgan fingerprint density at radius 1 is 1.17 bits per heavy atom. The van der Waals surface area contributed by atoms with Gasteiger partial charge in [0, 0.05) is 16.6 Å². The number of benzene rings is 2. The molecule has 0 aliphatic carbocycles. The molecule has 3 nitrogen and oxygen atoms in total. The number of methoxy groups -OCH3 is 1. The summed E-state index contributed by atoms with van der Waals surface area (Å²) in [5.41, 5.74) is -0.158. The van der Waals surface area contributed by atoms with Crippen LogP contribution in [0.4, 0.5) is 18.9 Å². The fourth-order valence-electron chi connectivity index (χ4n) is 1.81. The monoisotopic (exact) mass is 341 g/mol. The van der Waals surface area contributed by atoms with Gasteiger partial charge in [0.2, 0.25) is 5.91 Å². The van der Waals surface area contributed by atoms with E-state index < -0.39 is 11.7 Å². The maximum Gasteiger partial charge on any atom is 0.416 e. The number of thioether (sulfide) groups is 1. The summed E-state index contributed by atoms with van der Waals surface area (Å²) in [4.78, 5) is 12.3. The predicted octanol–water partition coefficient (Wildman–Crippen LogP) is 4.44. The fourth-order valence-corrected chi connectivity index (χ4v) is 2.56. The standard InChI is InChI=1S/C16H14F3NO2S/c1-22-13-6-3-5-12(9-13)20-15(21)10-23-14-7-2-4-11(8-14)16(17,18)19/h2-9H,10H2,1H3,(H,20,21). The quantitative estimate of drug-likeness (QED) is 0.817. The molecule has 0 atom stereocenters. The summed E-state index contributed by atoms with van der Waals surface area (Å²) >= 11 is 1.04. The fraction of sp³-hybridized carbons (Fsp3) is 0.188. The molecule has 0 saturated carbocycles. The molecule has 2 aromatic rings. The Bertz CT molecular complexity index is 689. The lowest BCUT2D eigenvalue weighted by atomic mass is 10.2. The van der Waals surface area contributed by atoms with E-state index in [4.69, 9.17) is 4.74 Å². The normalized spacial score (nSPS) is 11.1. The van der Waals surface area contributed by atoms with Gasteiger partial charge in [-0.2, -0.15) is 13.2 Å². The van der Waals surface area contributed by atoms with Crippen LogP contribution in [0, 0.1) is 0 Å². The van der Waals surface area contributed by atoms with E-state index >= 15 is 0 Å². The minimum Gasteiger partial charge on any atom is -0.497 e. The average molecular weight is 341 g/mol. The van der Waals surface area contributed by atoms with Gasteiger partial charge in [-0.3, -0.25) is 4.79 Å². The second kappa shape index (κ2) is 7.41. The van der Waals surface area contributed by atoms with E-state index in [0.717, 1.165) is 23.9 Å². The molecule has 0 saturated heterocycles. The van der Waals surface area contributed by atoms with Crippen molar-refractivity contribution >= 4 is 23.4 Å². The number of amides is 1. The van der Waals surface area contributed by atoms with Crippen LogP contribution in [0.2, 0.25) is 0 Å². The van der Waals surface area contributed by atoms with Gasteiger partial charge in [-0.15, -0.1) is 11.8 Å². The molecule has 1 amide bonds. The first-order valence-electron chi connectivity index (χ1n) is 6.62. The Kier molecular flexibility index (Phi) is 5.54. The molecule has 0 unspecified atom stereocenters. The summed E-state index contributed by atoms with van der Waals surface area (Å²) in [5, 5.41) is 2.67. The van der Waals surface area contributed by atoms with Crippen molar-refractivity contribution in [3.05, 3.63) is 54.1 Å². The predicted molar refractivity (Wildman–Crippen MR) is 83.8 cm³/mol. The van der Waals surface area contributed by atoms with Gasteiger partial charge in [0.15, 0.2) is 0 Å². The molecule has 7 heteroatoms. The third-order valence-electron chi connectivity index (χ3n) is 2.88. The molecular weight excluding hydrogens is 327 g/mol. The Morgan fingerprint density at radius 3 is 2.61 bits per heavy atom. The first kappa shape index (κ1) is 17.2. The molecule has 0 heterocycles. The van der Waals surface area contributed by atoms with Crippen molar-refractivity contribution in [3.63, 3.8) is 0 Å². The lowest BCUT2D eigenvalue weighted by Crippen LogP contribution is -2.14. The zero-order valence-corrected chi connectivity index (χ0v) is 13.0. The number of anilines is 1. The van der Waals surface area contributed by atoms with Gasteiger partial charge < -0.3 is 10.1 Å². The molecule has 122 valence electrons. The van der Waals surface area contributed by atoms with Crippen LogP contribution in [-0.4, -0.2) is 18.8 Å². The maximum absolute atomic E-state index is 12.6. The number of nitrogens with one attached hydrogen (secondary N) is 1. The highest BCUT2D eigenvalue weighted by Crippen LogP contribution is 2.31. The molecular formula is C16H14F3NO2S. The Morgan fingerprint density at radius 2 is 1.91 bits per heavy atom. The smallest absolute Gasteiger partial charge is 0.416 e. The average Bonchev–Trinajstić information content (AvgIpc) is 2.52. The van der Waals surface area contributed by atoms with Crippen molar-refractivity contribution in [3.8, 4) is 5.75 Å². The first-order valence-corrected chi connectivity index (χ1v) is 7.61. The van der Waals surface area contributed by atoms with Crippen LogP contribution in [0.15, 0.2) is 53.4 Å². The Hall–Kier alpha value is -2.15. The van der Waals surface area contributed by atoms with E-state index in [1.54, 1.807) is 30.3 Å². The number of carbonyl (C=O) groups excluding carboxylic acids is 1. The van der Waals surface area contributed by atoms with Gasteiger partial charge in [0.25, 0.3) is 0 Å². The number of carbonyl (C=O) groups is 1. The highest BCUT2D eigenvalue weighted by molar-refractivity contribution is 8.00. The van der Waals surface area contributed by atoms with Crippen LogP contribution >= 0.6 is 11.8 Å². The van der Waals surface area contributed by atoms with Crippen LogP contribution in [0.25, 0.3) is 0 Å². The minimum atomic E-state index is -4.39. The van der Waals surface area contributed by atoms with Crippen molar-refractivity contribution in [2.75, 3.05) is 18.2 Å². The molecule has 1 N–H and O–H groups in total. The van der Waals surface area contributed by atoms with E-state index in [1.165, 1.54) is 13.2 Å². The Labute approximate surface area is 135 Å². The molecule has 0 bridgehead atoms. The molecule has 0 fully saturated rings. The molecule has 0 radical (unpaired) electrons. The summed E-state index contributed by atoms with van der Waals surface area (Å²) < 4.78 is 42.9. The van der Waals surface area contributed by atoms with Gasteiger partial charge in [0.1, 0.15) is 5.75 Å². The number of hydrogen-bond donors (Lipinski definition) is 1. The number of halogens is 3. The second-order valence-electron chi connectivity index (χ2n) is 4.59. The third-order valence-corrected chi connectivity index (χ3v) is 3.88. The molecule has 0 aliphatic heterocycles. The SMILES string of the molecule is COc1cccc(NC(=O)CSc2cccc(C(F)(F)F)c2)c1. The van der Waals surface area contributed by atoms with Gasteiger partial charge >= 0.3 is 6.18 Å². The number of ether oxygens (including phenoxy) is 1. The van der Waals surface area contributed by atoms with Crippen molar-refractivity contribution in [2.24, 2.45) is 0 Å². The van der Waals surface area contributed by atoms with E-state index in [9.17, 15) is 18.0 Å². The highest BCUT2D eigenvalue weighted by atomic mass is 32.2. The number of rotatable bonds is 5. The molecule has 2 aromatic carbocycles. The summed E-state index contributed by atoms with van der Waals surface area (Å²) in [6.07, 6.45) is -4.39. The molecule has 0 aliphatic rings.